The molecular formula is C3H4W3-2. The van der Waals surface area contributed by atoms with E-state index < -0.39 is 0 Å². The van der Waals surface area contributed by atoms with Gasteiger partial charge in [-0.1, -0.05) is 0 Å². The summed E-state index contributed by atoms with van der Waals surface area (Å²) in [7, 11) is 0. The summed E-state index contributed by atoms with van der Waals surface area (Å²) in [5.41, 5.74) is 0. The standard InChI is InChI=1S/C2H3.CH.3W/c1-2;;;;/h1H,2H2;1H;;;/q2*-1;;;. The van der Waals surface area contributed by atoms with Crippen LogP contribution in [0.3, 0.4) is 0 Å². The molecule has 6 heavy (non-hydrogen) atoms. The molecule has 0 atom stereocenters. The maximum atomic E-state index is 4.58. The zero-order chi connectivity index (χ0) is 4.71. The molecule has 0 saturated heterocycles. The van der Waals surface area contributed by atoms with Gasteiger partial charge in [0.15, 0.2) is 0 Å². The van der Waals surface area contributed by atoms with Gasteiger partial charge in [0.2, 0.25) is 0 Å². The number of hydrogen-bond donors (Lipinski definition) is 0. The molecule has 0 radical (unpaired) electrons. The first kappa shape index (κ1) is 15.7. The number of hydrogen-bond acceptors (Lipinski definition) is 0. The molecule has 36 valence electrons. The third-order valence-electron chi connectivity index (χ3n) is 0. The van der Waals surface area contributed by atoms with Gasteiger partial charge < -0.3 is 0 Å². The molecule has 0 aromatic rings. The molecule has 0 amide bonds. The second kappa shape index (κ2) is 29.1. The minimum Gasteiger partial charge on any atom is 0 e. The summed E-state index contributed by atoms with van der Waals surface area (Å²) in [5, 5.41) is 0. The Morgan fingerprint density at radius 2 is 1.50 bits per heavy atom. The smallest absolute Gasteiger partial charge is 0 e. The normalized spacial score (nSPS) is 2.83. The van der Waals surface area contributed by atoms with Crippen LogP contribution in [0.25, 0.3) is 0 Å². The summed E-state index contributed by atoms with van der Waals surface area (Å²) in [5.74, 6) is 0. The molecule has 0 saturated carbocycles. The Bertz CT molecular complexity index is 20.0. The van der Waals surface area contributed by atoms with Crippen LogP contribution in [0.5, 0.6) is 0 Å². The fourth-order valence-corrected chi connectivity index (χ4v) is 0. The molecule has 0 aliphatic rings. The van der Waals surface area contributed by atoms with E-state index in [9.17, 15) is 0 Å². The van der Waals surface area contributed by atoms with Gasteiger partial charge >= 0.3 is 54.9 Å². The van der Waals surface area contributed by atoms with Gasteiger partial charge in [0, 0.05) is 21.1 Å². The molecule has 0 rings (SSSR count). The molecule has 0 nitrogen and oxygen atoms in total. The Morgan fingerprint density at radius 3 is 1.50 bits per heavy atom. The van der Waals surface area contributed by atoms with Crippen LogP contribution >= 0.6 is 0 Å². The van der Waals surface area contributed by atoms with Gasteiger partial charge in [-0.25, -0.2) is 0 Å². The average molecular weight is 592 g/mol. The predicted molar refractivity (Wildman–Crippen MR) is 17.5 cm³/mol. The fraction of sp³-hybridized carbons (Fsp3) is 0. The van der Waals surface area contributed by atoms with Crippen molar-refractivity contribution in [3.63, 3.8) is 0 Å². The molecule has 0 N–H and O–H groups in total. The van der Waals surface area contributed by atoms with Crippen molar-refractivity contribution in [2.24, 2.45) is 0 Å². The van der Waals surface area contributed by atoms with Crippen molar-refractivity contribution in [3.8, 4) is 0 Å². The second-order valence-corrected chi connectivity index (χ2v) is 1.36. The summed E-state index contributed by atoms with van der Waals surface area (Å²) >= 11 is 2.52. The van der Waals surface area contributed by atoms with Gasteiger partial charge in [0.25, 0.3) is 0 Å². The minimum atomic E-state index is 0. The molecule has 0 spiro atoms. The summed E-state index contributed by atoms with van der Waals surface area (Å²) in [6.07, 6.45) is 0. The molecule has 0 unspecified atom stereocenters. The first-order valence-corrected chi connectivity index (χ1v) is 4.27. The Labute approximate surface area is 75.2 Å². The zero-order valence-corrected chi connectivity index (χ0v) is 11.9. The summed E-state index contributed by atoms with van der Waals surface area (Å²) < 4.78 is 1.83. The Kier molecular flexibility index (Phi) is 76.0. The van der Waals surface area contributed by atoms with E-state index in [0.717, 1.165) is 19.4 Å². The molecule has 0 aliphatic carbocycles. The summed E-state index contributed by atoms with van der Waals surface area (Å²) in [4.78, 5) is 4.58. The van der Waals surface area contributed by atoms with Gasteiger partial charge in [-0.2, -0.15) is 0 Å². The van der Waals surface area contributed by atoms with E-state index in [4.69, 9.17) is 0 Å². The quantitative estimate of drug-likeness (QED) is 0.349. The van der Waals surface area contributed by atoms with Crippen LogP contribution in [-0.2, 0) is 59.8 Å². The Balaban J connectivity index is -0.0000000275. The molecule has 0 aromatic heterocycles. The summed E-state index contributed by atoms with van der Waals surface area (Å²) in [6.45, 7) is 3.40. The predicted octanol–water partition coefficient (Wildman–Crippen LogP) is 0.00919. The van der Waals surface area contributed by atoms with E-state index in [1.807, 2.05) is 4.40 Å². The third kappa shape index (κ3) is 41.1. The molecule has 0 aromatic carbocycles. The molecule has 0 bridgehead atoms. The van der Waals surface area contributed by atoms with Crippen molar-refractivity contribution in [2.45, 2.75) is 0 Å². The van der Waals surface area contributed by atoms with Gasteiger partial charge in [-0.05, 0) is 0 Å². The molecular weight excluding hydrogens is 588 g/mol. The van der Waals surface area contributed by atoms with Crippen LogP contribution in [0.2, 0.25) is 0 Å². The molecule has 0 fully saturated rings. The Hall–Kier alpha value is 1.80. The Morgan fingerprint density at radius 1 is 1.50 bits per heavy atom. The third-order valence-corrected chi connectivity index (χ3v) is 0. The first-order valence-electron chi connectivity index (χ1n) is 0.880. The monoisotopic (exact) mass is 592 g/mol. The van der Waals surface area contributed by atoms with E-state index >= 15 is 0 Å². The van der Waals surface area contributed by atoms with Crippen molar-refractivity contribution >= 4 is 9.30 Å². The maximum Gasteiger partial charge on any atom is 0 e. The van der Waals surface area contributed by atoms with E-state index in [-0.39, 0.29) is 21.1 Å². The van der Waals surface area contributed by atoms with E-state index in [1.54, 1.807) is 0 Å². The second-order valence-electron chi connectivity index (χ2n) is 0.167. The largest absolute Gasteiger partial charge is 0 e. The van der Waals surface area contributed by atoms with Crippen molar-refractivity contribution in [1.29, 1.82) is 0 Å². The van der Waals surface area contributed by atoms with Crippen LogP contribution < -0.4 is 0 Å². The molecule has 3 heteroatoms. The van der Waals surface area contributed by atoms with Crippen LogP contribution in [-0.4, -0.2) is 9.30 Å². The van der Waals surface area contributed by atoms with Gasteiger partial charge in [-0.3, -0.25) is 0 Å². The van der Waals surface area contributed by atoms with Gasteiger partial charge in [-0.15, -0.1) is 0 Å². The van der Waals surface area contributed by atoms with Crippen LogP contribution in [0.15, 0.2) is 0 Å². The van der Waals surface area contributed by atoms with Crippen LogP contribution in [0, 0.1) is 6.92 Å². The summed E-state index contributed by atoms with van der Waals surface area (Å²) in [6, 6.07) is 0. The van der Waals surface area contributed by atoms with E-state index in [0.29, 0.717) is 0 Å². The fourth-order valence-electron chi connectivity index (χ4n) is 0. The van der Waals surface area contributed by atoms with Gasteiger partial charge in [0.05, 0.1) is 0 Å². The number of rotatable bonds is 0. The van der Waals surface area contributed by atoms with Crippen molar-refractivity contribution in [2.75, 3.05) is 0 Å². The topological polar surface area (TPSA) is 0 Å². The van der Waals surface area contributed by atoms with Crippen molar-refractivity contribution < 1.29 is 59.8 Å². The molecule has 0 heterocycles. The molecule has 0 aliphatic heterocycles. The SMILES string of the molecule is [CH-]=[W].[CH2-][CH]=[W].[W]. The zero-order valence-electron chi connectivity index (χ0n) is 3.09. The first-order chi connectivity index (χ1) is 2.41. The van der Waals surface area contributed by atoms with E-state index in [2.05, 4.69) is 11.8 Å². The van der Waals surface area contributed by atoms with Crippen LogP contribution in [0.4, 0.5) is 0 Å². The average Bonchev–Trinajstić information content (AvgIpc) is 1.46. The minimum absolute atomic E-state index is 0. The van der Waals surface area contributed by atoms with E-state index in [1.165, 1.54) is 19.4 Å². The van der Waals surface area contributed by atoms with Gasteiger partial charge in [0.1, 0.15) is 0 Å². The van der Waals surface area contributed by atoms with Crippen molar-refractivity contribution in [1.82, 2.24) is 0 Å². The maximum absolute atomic E-state index is 4.58. The van der Waals surface area contributed by atoms with Crippen molar-refractivity contribution in [3.05, 3.63) is 6.92 Å². The van der Waals surface area contributed by atoms with Crippen LogP contribution in [0.1, 0.15) is 0 Å².